The summed E-state index contributed by atoms with van der Waals surface area (Å²) in [6.45, 7) is 1.61. The molecule has 26 heavy (non-hydrogen) atoms. The average Bonchev–Trinajstić information content (AvgIpc) is 3.31. The molecule has 1 aromatic carbocycles. The van der Waals surface area contributed by atoms with Crippen molar-refractivity contribution in [1.29, 1.82) is 0 Å². The van der Waals surface area contributed by atoms with Crippen molar-refractivity contribution in [2.45, 2.75) is 12.8 Å². The van der Waals surface area contributed by atoms with Gasteiger partial charge >= 0.3 is 0 Å². The van der Waals surface area contributed by atoms with E-state index in [4.69, 9.17) is 0 Å². The van der Waals surface area contributed by atoms with Crippen LogP contribution >= 0.6 is 0 Å². The highest BCUT2D eigenvalue weighted by Gasteiger charge is 2.16. The second-order valence-corrected chi connectivity index (χ2v) is 6.32. The first kappa shape index (κ1) is 17.8. The summed E-state index contributed by atoms with van der Waals surface area (Å²) in [5.74, 6) is 0.689. The quantitative estimate of drug-likeness (QED) is 0.635. The number of nitrogens with one attached hydrogen (secondary N) is 1. The van der Waals surface area contributed by atoms with E-state index in [0.717, 1.165) is 25.2 Å². The van der Waals surface area contributed by atoms with Crippen LogP contribution in [0, 0.1) is 0 Å². The molecule has 0 aliphatic heterocycles. The number of benzene rings is 1. The zero-order valence-electron chi connectivity index (χ0n) is 15.3. The van der Waals surface area contributed by atoms with Gasteiger partial charge in [0.25, 0.3) is 5.91 Å². The van der Waals surface area contributed by atoms with Crippen molar-refractivity contribution in [3.05, 3.63) is 66.6 Å². The van der Waals surface area contributed by atoms with Gasteiger partial charge in [0.1, 0.15) is 11.4 Å². The number of hydrogen-bond acceptors (Lipinski definition) is 3. The highest BCUT2D eigenvalue weighted by Crippen LogP contribution is 2.14. The van der Waals surface area contributed by atoms with E-state index in [9.17, 15) is 4.79 Å². The molecule has 0 spiro atoms. The van der Waals surface area contributed by atoms with E-state index in [1.807, 2.05) is 54.3 Å². The summed E-state index contributed by atoms with van der Waals surface area (Å²) in [6, 6.07) is 14.2. The Morgan fingerprint density at radius 1 is 1.12 bits per heavy atom. The van der Waals surface area contributed by atoms with E-state index in [0.29, 0.717) is 12.1 Å². The van der Waals surface area contributed by atoms with Crippen LogP contribution < -0.4 is 10.2 Å². The molecular weight excluding hydrogens is 326 g/mol. The van der Waals surface area contributed by atoms with Crippen LogP contribution in [0.4, 0.5) is 5.69 Å². The van der Waals surface area contributed by atoms with Crippen molar-refractivity contribution in [2.75, 3.05) is 25.0 Å². The molecule has 6 nitrogen and oxygen atoms in total. The van der Waals surface area contributed by atoms with E-state index in [1.54, 1.807) is 10.9 Å². The van der Waals surface area contributed by atoms with Gasteiger partial charge < -0.3 is 14.8 Å². The molecule has 0 aliphatic rings. The van der Waals surface area contributed by atoms with Crippen LogP contribution in [0.5, 0.6) is 0 Å². The van der Waals surface area contributed by atoms with Crippen LogP contribution in [0.1, 0.15) is 23.2 Å². The molecule has 3 rings (SSSR count). The van der Waals surface area contributed by atoms with Gasteiger partial charge in [0.15, 0.2) is 0 Å². The minimum Gasteiger partial charge on any atom is -0.375 e. The van der Waals surface area contributed by atoms with E-state index in [2.05, 4.69) is 34.5 Å². The van der Waals surface area contributed by atoms with Crippen molar-refractivity contribution >= 4 is 11.6 Å². The van der Waals surface area contributed by atoms with Crippen molar-refractivity contribution in [1.82, 2.24) is 19.7 Å². The third kappa shape index (κ3) is 4.14. The van der Waals surface area contributed by atoms with Crippen molar-refractivity contribution in [2.24, 2.45) is 7.05 Å². The number of hydrogen-bond donors (Lipinski definition) is 1. The molecule has 1 N–H and O–H groups in total. The second kappa shape index (κ2) is 8.38. The molecular formula is C20H25N5O. The molecule has 1 amide bonds. The largest absolute Gasteiger partial charge is 0.375 e. The van der Waals surface area contributed by atoms with Crippen LogP contribution in [0.2, 0.25) is 0 Å². The molecule has 0 saturated heterocycles. The molecule has 0 radical (unpaired) electrons. The van der Waals surface area contributed by atoms with Crippen LogP contribution in [0.25, 0.3) is 5.82 Å². The summed E-state index contributed by atoms with van der Waals surface area (Å²) in [4.78, 5) is 14.7. The third-order valence-corrected chi connectivity index (χ3v) is 4.40. The molecule has 3 aromatic rings. The first-order valence-corrected chi connectivity index (χ1v) is 8.86. The molecule has 0 fully saturated rings. The minimum absolute atomic E-state index is 0.0850. The lowest BCUT2D eigenvalue weighted by Gasteiger charge is -2.19. The van der Waals surface area contributed by atoms with Crippen molar-refractivity contribution in [3.8, 4) is 5.82 Å². The summed E-state index contributed by atoms with van der Waals surface area (Å²) in [5.41, 5.74) is 1.80. The van der Waals surface area contributed by atoms with Gasteiger partial charge in [-0.3, -0.25) is 9.48 Å². The standard InChI is InChI=1S/C20H25N5O/c1-23(17-10-4-3-5-11-17)13-7-6-12-21-19(26)18-16-22-24(2)20(18)25-14-8-9-15-25/h3-5,8-11,14-16H,6-7,12-13H2,1-2H3,(H,21,26). The lowest BCUT2D eigenvalue weighted by Crippen LogP contribution is -2.26. The Kier molecular flexibility index (Phi) is 5.73. The molecule has 0 saturated carbocycles. The smallest absolute Gasteiger partial charge is 0.256 e. The van der Waals surface area contributed by atoms with E-state index in [1.165, 1.54) is 5.69 Å². The first-order chi connectivity index (χ1) is 12.7. The Balaban J connectivity index is 1.47. The topological polar surface area (TPSA) is 55.1 Å². The van der Waals surface area contributed by atoms with Gasteiger partial charge in [0.05, 0.1) is 6.20 Å². The van der Waals surface area contributed by atoms with Gasteiger partial charge in [-0.25, -0.2) is 0 Å². The predicted molar refractivity (Wildman–Crippen MR) is 104 cm³/mol. The predicted octanol–water partition coefficient (Wildman–Crippen LogP) is 2.86. The van der Waals surface area contributed by atoms with Crippen molar-refractivity contribution in [3.63, 3.8) is 0 Å². The number of carbonyl (C=O) groups is 1. The number of anilines is 1. The van der Waals surface area contributed by atoms with Gasteiger partial charge in [-0.15, -0.1) is 0 Å². The molecule has 2 aromatic heterocycles. The number of carbonyl (C=O) groups excluding carboxylic acids is 1. The maximum atomic E-state index is 12.5. The second-order valence-electron chi connectivity index (χ2n) is 6.32. The molecule has 6 heteroatoms. The lowest BCUT2D eigenvalue weighted by atomic mass is 10.2. The summed E-state index contributed by atoms with van der Waals surface area (Å²) in [6.07, 6.45) is 7.39. The summed E-state index contributed by atoms with van der Waals surface area (Å²) in [5, 5.41) is 7.23. The molecule has 0 bridgehead atoms. The Bertz CT molecular complexity index is 823. The fourth-order valence-electron chi connectivity index (χ4n) is 2.96. The summed E-state index contributed by atoms with van der Waals surface area (Å²) in [7, 11) is 3.93. The SMILES string of the molecule is CN(CCCCNC(=O)c1cnn(C)c1-n1cccc1)c1ccccc1. The zero-order chi connectivity index (χ0) is 18.4. The minimum atomic E-state index is -0.0850. The number of unbranched alkanes of at least 4 members (excludes halogenated alkanes) is 1. The average molecular weight is 351 g/mol. The highest BCUT2D eigenvalue weighted by atomic mass is 16.1. The third-order valence-electron chi connectivity index (χ3n) is 4.40. The molecule has 2 heterocycles. The summed E-state index contributed by atoms with van der Waals surface area (Å²) < 4.78 is 3.61. The van der Waals surface area contributed by atoms with E-state index in [-0.39, 0.29) is 5.91 Å². The van der Waals surface area contributed by atoms with Gasteiger partial charge in [-0.05, 0) is 37.1 Å². The summed E-state index contributed by atoms with van der Waals surface area (Å²) >= 11 is 0. The lowest BCUT2D eigenvalue weighted by molar-refractivity contribution is 0.0953. The maximum absolute atomic E-state index is 12.5. The van der Waals surface area contributed by atoms with Gasteiger partial charge in [0, 0.05) is 45.3 Å². The highest BCUT2D eigenvalue weighted by molar-refractivity contribution is 5.97. The Hall–Kier alpha value is -3.02. The fraction of sp³-hybridized carbons (Fsp3) is 0.300. The monoisotopic (exact) mass is 351 g/mol. The Morgan fingerprint density at radius 3 is 2.58 bits per heavy atom. The molecule has 136 valence electrons. The Labute approximate surface area is 154 Å². The van der Waals surface area contributed by atoms with Crippen LogP contribution in [-0.4, -0.2) is 40.4 Å². The van der Waals surface area contributed by atoms with Crippen LogP contribution in [0.15, 0.2) is 61.1 Å². The number of para-hydroxylation sites is 1. The van der Waals surface area contributed by atoms with E-state index >= 15 is 0 Å². The van der Waals surface area contributed by atoms with Crippen LogP contribution in [-0.2, 0) is 7.05 Å². The normalized spacial score (nSPS) is 10.7. The number of aromatic nitrogens is 3. The van der Waals surface area contributed by atoms with Gasteiger partial charge in [-0.1, -0.05) is 18.2 Å². The van der Waals surface area contributed by atoms with E-state index < -0.39 is 0 Å². The molecule has 0 aliphatic carbocycles. The number of aryl methyl sites for hydroxylation is 1. The Morgan fingerprint density at radius 2 is 1.85 bits per heavy atom. The maximum Gasteiger partial charge on any atom is 0.256 e. The first-order valence-electron chi connectivity index (χ1n) is 8.86. The van der Waals surface area contributed by atoms with Gasteiger partial charge in [-0.2, -0.15) is 5.10 Å². The van der Waals surface area contributed by atoms with Gasteiger partial charge in [0.2, 0.25) is 0 Å². The van der Waals surface area contributed by atoms with Crippen molar-refractivity contribution < 1.29 is 4.79 Å². The number of nitrogens with zero attached hydrogens (tertiary/aromatic N) is 4. The number of rotatable bonds is 8. The van der Waals surface area contributed by atoms with Crippen LogP contribution in [0.3, 0.4) is 0 Å². The molecule has 0 atom stereocenters. The number of amides is 1. The molecule has 0 unspecified atom stereocenters. The fourth-order valence-corrected chi connectivity index (χ4v) is 2.96. The zero-order valence-corrected chi connectivity index (χ0v) is 15.3.